The molecule has 0 saturated carbocycles. The molecule has 0 rings (SSSR count). The van der Waals surface area contributed by atoms with E-state index in [2.05, 4.69) is 39.8 Å². The summed E-state index contributed by atoms with van der Waals surface area (Å²) in [6.07, 6.45) is 8.86. The first kappa shape index (κ1) is 13.3. The Morgan fingerprint density at radius 3 is 2.29 bits per heavy atom. The molecule has 0 bridgehead atoms. The summed E-state index contributed by atoms with van der Waals surface area (Å²) >= 11 is 0. The van der Waals surface area contributed by atoms with Gasteiger partial charge in [0.2, 0.25) is 0 Å². The van der Waals surface area contributed by atoms with Crippen LogP contribution in [0.1, 0.15) is 53.4 Å². The normalized spacial score (nSPS) is 15.7. The highest BCUT2D eigenvalue weighted by molar-refractivity contribution is 5.18. The predicted molar refractivity (Wildman–Crippen MR) is 65.0 cm³/mol. The molecule has 0 heterocycles. The van der Waals surface area contributed by atoms with E-state index in [1.54, 1.807) is 0 Å². The highest BCUT2D eigenvalue weighted by Crippen LogP contribution is 2.24. The molecule has 0 aliphatic rings. The van der Waals surface area contributed by atoms with Gasteiger partial charge in [-0.1, -0.05) is 39.3 Å². The molecule has 14 heavy (non-hydrogen) atoms. The lowest BCUT2D eigenvalue weighted by molar-refractivity contribution is 0.658. The first-order valence-corrected chi connectivity index (χ1v) is 5.81. The minimum absolute atomic E-state index is 0.555. The van der Waals surface area contributed by atoms with E-state index in [-0.39, 0.29) is 0 Å². The van der Waals surface area contributed by atoms with Crippen LogP contribution >= 0.6 is 0 Å². The molecule has 1 heteroatoms. The summed E-state index contributed by atoms with van der Waals surface area (Å²) < 4.78 is 0. The first-order valence-electron chi connectivity index (χ1n) is 5.81. The van der Waals surface area contributed by atoms with Crippen molar-refractivity contribution in [1.29, 1.82) is 0 Å². The zero-order chi connectivity index (χ0) is 11.0. The smallest absolute Gasteiger partial charge is 0.00756 e. The van der Waals surface area contributed by atoms with Crippen LogP contribution in [0.2, 0.25) is 0 Å². The molecular formula is C13H25N. The molecule has 0 spiro atoms. The van der Waals surface area contributed by atoms with Crippen molar-refractivity contribution in [2.45, 2.75) is 53.4 Å². The highest BCUT2D eigenvalue weighted by atomic mass is 14.6. The Kier molecular flexibility index (Phi) is 7.27. The Balaban J connectivity index is 4.77. The third-order valence-electron chi connectivity index (χ3n) is 2.62. The van der Waals surface area contributed by atoms with Gasteiger partial charge in [-0.2, -0.15) is 0 Å². The summed E-state index contributed by atoms with van der Waals surface area (Å²) in [5.74, 6) is 0.555. The van der Waals surface area contributed by atoms with Crippen LogP contribution < -0.4 is 5.73 Å². The molecule has 0 radical (unpaired) electrons. The molecule has 0 aromatic rings. The maximum Gasteiger partial charge on any atom is 0.00756 e. The molecule has 0 aliphatic heterocycles. The lowest BCUT2D eigenvalue weighted by Crippen LogP contribution is -2.09. The van der Waals surface area contributed by atoms with E-state index in [1.807, 2.05) is 0 Å². The molecular weight excluding hydrogens is 170 g/mol. The molecule has 2 N–H and O–H groups in total. The zero-order valence-corrected chi connectivity index (χ0v) is 10.1. The number of hydrogen-bond acceptors (Lipinski definition) is 1. The van der Waals surface area contributed by atoms with Crippen LogP contribution in [-0.4, -0.2) is 0 Å². The maximum atomic E-state index is 6.06. The van der Waals surface area contributed by atoms with Crippen molar-refractivity contribution in [2.75, 3.05) is 0 Å². The Bertz CT molecular complexity index is 201. The molecule has 0 fully saturated rings. The molecule has 82 valence electrons. The van der Waals surface area contributed by atoms with E-state index in [4.69, 9.17) is 5.73 Å². The van der Waals surface area contributed by atoms with Gasteiger partial charge in [0.25, 0.3) is 0 Å². The van der Waals surface area contributed by atoms with Gasteiger partial charge in [-0.25, -0.2) is 0 Å². The summed E-state index contributed by atoms with van der Waals surface area (Å²) in [6.45, 7) is 8.65. The van der Waals surface area contributed by atoms with E-state index in [9.17, 15) is 0 Å². The Labute approximate surface area is 89.1 Å². The average molecular weight is 195 g/mol. The number of nitrogens with two attached hydrogens (primary N) is 1. The topological polar surface area (TPSA) is 26.0 Å². The highest BCUT2D eigenvalue weighted by Gasteiger charge is 2.10. The monoisotopic (exact) mass is 195 g/mol. The van der Waals surface area contributed by atoms with E-state index >= 15 is 0 Å². The number of rotatable bonds is 6. The molecule has 0 amide bonds. The molecule has 1 unspecified atom stereocenters. The lowest BCUT2D eigenvalue weighted by Gasteiger charge is -2.17. The maximum absolute atomic E-state index is 6.06. The second kappa shape index (κ2) is 7.66. The second-order valence-electron chi connectivity index (χ2n) is 3.69. The standard InChI is InChI=1S/C13H25N/c1-5-9-11(7-3)12(10-6-2)13(14)8-4/h5,9,11H,6-8,10,14H2,1-4H3/b9-5-,13-12+. The van der Waals surface area contributed by atoms with Crippen LogP contribution in [0.5, 0.6) is 0 Å². The fourth-order valence-corrected chi connectivity index (χ4v) is 1.81. The van der Waals surface area contributed by atoms with Crippen molar-refractivity contribution in [3.63, 3.8) is 0 Å². The van der Waals surface area contributed by atoms with Crippen LogP contribution in [-0.2, 0) is 0 Å². The van der Waals surface area contributed by atoms with Crippen molar-refractivity contribution >= 4 is 0 Å². The van der Waals surface area contributed by atoms with E-state index in [1.165, 1.54) is 12.0 Å². The van der Waals surface area contributed by atoms with Crippen LogP contribution in [0.25, 0.3) is 0 Å². The minimum Gasteiger partial charge on any atom is -0.402 e. The molecule has 0 aromatic carbocycles. The van der Waals surface area contributed by atoms with Gasteiger partial charge < -0.3 is 5.73 Å². The Hall–Kier alpha value is -0.720. The Morgan fingerprint density at radius 1 is 1.29 bits per heavy atom. The van der Waals surface area contributed by atoms with Crippen molar-refractivity contribution in [3.05, 3.63) is 23.4 Å². The van der Waals surface area contributed by atoms with Crippen LogP contribution in [0, 0.1) is 5.92 Å². The number of allylic oxidation sites excluding steroid dienone is 4. The fraction of sp³-hybridized carbons (Fsp3) is 0.692. The van der Waals surface area contributed by atoms with Gasteiger partial charge in [0.1, 0.15) is 0 Å². The SMILES string of the molecule is C/C=C\C(CC)/C(CCC)=C(/N)CC. The van der Waals surface area contributed by atoms with E-state index < -0.39 is 0 Å². The lowest BCUT2D eigenvalue weighted by atomic mass is 9.90. The van der Waals surface area contributed by atoms with E-state index in [0.29, 0.717) is 5.92 Å². The number of hydrogen-bond donors (Lipinski definition) is 1. The zero-order valence-electron chi connectivity index (χ0n) is 10.1. The summed E-state index contributed by atoms with van der Waals surface area (Å²) in [5.41, 5.74) is 8.60. The summed E-state index contributed by atoms with van der Waals surface area (Å²) in [4.78, 5) is 0. The van der Waals surface area contributed by atoms with Gasteiger partial charge in [0.05, 0.1) is 0 Å². The molecule has 1 atom stereocenters. The van der Waals surface area contributed by atoms with Gasteiger partial charge >= 0.3 is 0 Å². The minimum atomic E-state index is 0.555. The quantitative estimate of drug-likeness (QED) is 0.637. The fourth-order valence-electron chi connectivity index (χ4n) is 1.81. The van der Waals surface area contributed by atoms with Gasteiger partial charge in [-0.3, -0.25) is 0 Å². The van der Waals surface area contributed by atoms with Gasteiger partial charge in [-0.15, -0.1) is 0 Å². The third kappa shape index (κ3) is 3.99. The largest absolute Gasteiger partial charge is 0.402 e. The van der Waals surface area contributed by atoms with Crippen LogP contribution in [0.4, 0.5) is 0 Å². The first-order chi connectivity index (χ1) is 6.71. The van der Waals surface area contributed by atoms with Crippen LogP contribution in [0.3, 0.4) is 0 Å². The Morgan fingerprint density at radius 2 is 1.93 bits per heavy atom. The van der Waals surface area contributed by atoms with Crippen LogP contribution in [0.15, 0.2) is 23.4 Å². The van der Waals surface area contributed by atoms with E-state index in [0.717, 1.165) is 25.0 Å². The van der Waals surface area contributed by atoms with Crippen molar-refractivity contribution < 1.29 is 0 Å². The summed E-state index contributed by atoms with van der Waals surface area (Å²) in [7, 11) is 0. The average Bonchev–Trinajstić information content (AvgIpc) is 2.22. The van der Waals surface area contributed by atoms with Gasteiger partial charge in [0.15, 0.2) is 0 Å². The molecule has 0 aromatic heterocycles. The second-order valence-corrected chi connectivity index (χ2v) is 3.69. The van der Waals surface area contributed by atoms with Gasteiger partial charge in [-0.05, 0) is 37.7 Å². The van der Waals surface area contributed by atoms with Crippen molar-refractivity contribution in [2.24, 2.45) is 11.7 Å². The molecule has 0 aliphatic carbocycles. The predicted octanol–water partition coefficient (Wildman–Crippen LogP) is 4.01. The summed E-state index contributed by atoms with van der Waals surface area (Å²) in [5, 5.41) is 0. The van der Waals surface area contributed by atoms with Crippen molar-refractivity contribution in [3.8, 4) is 0 Å². The third-order valence-corrected chi connectivity index (χ3v) is 2.62. The molecule has 0 saturated heterocycles. The van der Waals surface area contributed by atoms with Gasteiger partial charge in [0, 0.05) is 5.70 Å². The summed E-state index contributed by atoms with van der Waals surface area (Å²) in [6, 6.07) is 0. The molecule has 1 nitrogen and oxygen atoms in total. The van der Waals surface area contributed by atoms with Crippen molar-refractivity contribution in [1.82, 2.24) is 0 Å².